The van der Waals surface area contributed by atoms with E-state index < -0.39 is 0 Å². The van der Waals surface area contributed by atoms with Crippen LogP contribution in [0.4, 0.5) is 0 Å². The molecule has 0 atom stereocenters. The van der Waals surface area contributed by atoms with Crippen LogP contribution >= 0.6 is 0 Å². The number of nitrogens with zero attached hydrogens (tertiary/aromatic N) is 3. The van der Waals surface area contributed by atoms with Gasteiger partial charge in [-0.25, -0.2) is 0 Å². The van der Waals surface area contributed by atoms with Gasteiger partial charge in [-0.3, -0.25) is 14.5 Å². The number of nitrogens with two attached hydrogens (primary N) is 1. The number of hydrogen-bond acceptors (Lipinski definition) is 4. The molecule has 0 amide bonds. The Labute approximate surface area is 110 Å². The highest BCUT2D eigenvalue weighted by atomic mass is 16.1. The molecule has 2 heterocycles. The van der Waals surface area contributed by atoms with Gasteiger partial charge in [0.05, 0.1) is 11.9 Å². The van der Waals surface area contributed by atoms with Gasteiger partial charge in [0.15, 0.2) is 5.78 Å². The Kier molecular flexibility index (Phi) is 2.76. The molecule has 5 nitrogen and oxygen atoms in total. The Balaban J connectivity index is 2.11. The highest BCUT2D eigenvalue weighted by Crippen LogP contribution is 2.24. The van der Waals surface area contributed by atoms with Crippen LogP contribution in [0, 0.1) is 0 Å². The highest BCUT2D eigenvalue weighted by Gasteiger charge is 2.20. The van der Waals surface area contributed by atoms with E-state index in [1.165, 1.54) is 0 Å². The number of carbonyl (C=O) groups excluding carboxylic acids is 1. The van der Waals surface area contributed by atoms with Crippen LogP contribution in [-0.4, -0.2) is 34.4 Å². The first-order valence-electron chi connectivity index (χ1n) is 6.09. The van der Waals surface area contributed by atoms with Crippen molar-refractivity contribution in [2.24, 2.45) is 17.8 Å². The van der Waals surface area contributed by atoms with Crippen LogP contribution in [0.1, 0.15) is 15.9 Å². The van der Waals surface area contributed by atoms with E-state index in [2.05, 4.69) is 10.1 Å². The van der Waals surface area contributed by atoms with E-state index in [1.54, 1.807) is 10.9 Å². The molecule has 5 heteroatoms. The number of aliphatic imine (C=N–C) groups is 1. The van der Waals surface area contributed by atoms with E-state index in [-0.39, 0.29) is 12.3 Å². The second-order valence-corrected chi connectivity index (χ2v) is 4.55. The minimum Gasteiger partial charge on any atom is -0.325 e. The summed E-state index contributed by atoms with van der Waals surface area (Å²) in [4.78, 5) is 16.2. The predicted molar refractivity (Wildman–Crippen MR) is 73.4 cm³/mol. The Bertz CT molecular complexity index is 685. The first-order valence-corrected chi connectivity index (χ1v) is 6.09. The lowest BCUT2D eigenvalue weighted by Gasteiger charge is -2.15. The van der Waals surface area contributed by atoms with Crippen LogP contribution < -0.4 is 5.73 Å². The number of ketones is 1. The van der Waals surface area contributed by atoms with Crippen LogP contribution in [0.25, 0.3) is 11.1 Å². The van der Waals surface area contributed by atoms with E-state index in [9.17, 15) is 4.79 Å². The zero-order valence-corrected chi connectivity index (χ0v) is 10.6. The summed E-state index contributed by atoms with van der Waals surface area (Å²) in [6.07, 6.45) is 3.71. The monoisotopic (exact) mass is 254 g/mol. The lowest BCUT2D eigenvalue weighted by atomic mass is 9.93. The molecule has 3 rings (SSSR count). The Hall–Kier alpha value is -2.27. The molecular weight excluding hydrogens is 240 g/mol. The average molecular weight is 254 g/mol. The summed E-state index contributed by atoms with van der Waals surface area (Å²) in [5.41, 5.74) is 10.00. The number of rotatable bonds is 2. The van der Waals surface area contributed by atoms with Gasteiger partial charge in [-0.05, 0) is 11.6 Å². The van der Waals surface area contributed by atoms with Crippen molar-refractivity contribution >= 4 is 11.5 Å². The molecular formula is C14H14N4O. The van der Waals surface area contributed by atoms with Crippen molar-refractivity contribution in [1.29, 1.82) is 0 Å². The molecule has 1 aromatic heterocycles. The molecule has 1 aliphatic heterocycles. The number of fused-ring (bicyclic) bond motifs is 1. The molecule has 0 saturated carbocycles. The Morgan fingerprint density at radius 1 is 1.32 bits per heavy atom. The quantitative estimate of drug-likeness (QED) is 0.870. The fourth-order valence-corrected chi connectivity index (χ4v) is 2.29. The van der Waals surface area contributed by atoms with E-state index >= 15 is 0 Å². The fraction of sp³-hybridized carbons (Fsp3) is 0.214. The van der Waals surface area contributed by atoms with Gasteiger partial charge in [0.2, 0.25) is 0 Å². The molecule has 1 aromatic carbocycles. The molecule has 0 spiro atoms. The summed E-state index contributed by atoms with van der Waals surface area (Å²) in [6, 6.07) is 5.79. The third-order valence-corrected chi connectivity index (χ3v) is 3.28. The molecule has 0 aliphatic carbocycles. The number of carbonyl (C=O) groups is 1. The smallest absolute Gasteiger partial charge is 0.184 e. The minimum absolute atomic E-state index is 0.0398. The maximum Gasteiger partial charge on any atom is 0.184 e. The first-order chi connectivity index (χ1) is 9.19. The second-order valence-electron chi connectivity index (χ2n) is 4.55. The molecule has 0 saturated heterocycles. The van der Waals surface area contributed by atoms with Crippen LogP contribution in [0.3, 0.4) is 0 Å². The van der Waals surface area contributed by atoms with Crippen LogP contribution in [0.5, 0.6) is 0 Å². The van der Waals surface area contributed by atoms with Crippen molar-refractivity contribution in [2.45, 2.75) is 0 Å². The maximum absolute atomic E-state index is 12.0. The lowest BCUT2D eigenvalue weighted by Crippen LogP contribution is -2.24. The summed E-state index contributed by atoms with van der Waals surface area (Å²) in [5, 5.41) is 4.14. The van der Waals surface area contributed by atoms with E-state index in [0.717, 1.165) is 22.4 Å². The van der Waals surface area contributed by atoms with Gasteiger partial charge >= 0.3 is 0 Å². The van der Waals surface area contributed by atoms with Crippen molar-refractivity contribution in [2.75, 3.05) is 13.1 Å². The molecule has 2 aromatic rings. The van der Waals surface area contributed by atoms with Gasteiger partial charge in [-0.15, -0.1) is 0 Å². The lowest BCUT2D eigenvalue weighted by molar-refractivity contribution is 0.1000. The molecule has 0 bridgehead atoms. The van der Waals surface area contributed by atoms with Crippen molar-refractivity contribution in [3.63, 3.8) is 0 Å². The molecule has 19 heavy (non-hydrogen) atoms. The number of benzene rings is 1. The first kappa shape index (κ1) is 11.8. The summed E-state index contributed by atoms with van der Waals surface area (Å²) < 4.78 is 1.74. The van der Waals surface area contributed by atoms with Gasteiger partial charge in [0, 0.05) is 36.5 Å². The van der Waals surface area contributed by atoms with Crippen molar-refractivity contribution in [3.05, 3.63) is 41.7 Å². The third kappa shape index (κ3) is 1.98. The molecule has 2 N–H and O–H groups in total. The predicted octanol–water partition coefficient (Wildman–Crippen LogP) is 1.03. The molecule has 0 radical (unpaired) electrons. The van der Waals surface area contributed by atoms with E-state index in [1.807, 2.05) is 31.4 Å². The minimum atomic E-state index is 0.0398. The van der Waals surface area contributed by atoms with Crippen LogP contribution in [0.15, 0.2) is 35.6 Å². The summed E-state index contributed by atoms with van der Waals surface area (Å²) in [5.74, 6) is 0.0398. The standard InChI is InChI=1S/C14H14N4O/c1-18-8-10(6-17-18)9-2-3-11-12(4-9)14(19)7-16-13(11)5-15/h2-4,6,8H,5,7,15H2,1H3. The zero-order valence-electron chi connectivity index (χ0n) is 10.6. The molecule has 1 aliphatic rings. The van der Waals surface area contributed by atoms with Gasteiger partial charge in [0.25, 0.3) is 0 Å². The highest BCUT2D eigenvalue weighted by molar-refractivity contribution is 6.16. The van der Waals surface area contributed by atoms with Crippen LogP contribution in [-0.2, 0) is 7.05 Å². The summed E-state index contributed by atoms with van der Waals surface area (Å²) in [7, 11) is 1.87. The zero-order chi connectivity index (χ0) is 13.4. The molecule has 0 unspecified atom stereocenters. The van der Waals surface area contributed by atoms with E-state index in [4.69, 9.17) is 5.73 Å². The van der Waals surface area contributed by atoms with Gasteiger partial charge < -0.3 is 5.73 Å². The average Bonchev–Trinajstić information content (AvgIpc) is 2.86. The van der Waals surface area contributed by atoms with Crippen molar-refractivity contribution < 1.29 is 4.79 Å². The normalized spacial score (nSPS) is 14.2. The van der Waals surface area contributed by atoms with Crippen molar-refractivity contribution in [3.8, 4) is 11.1 Å². The SMILES string of the molecule is Cn1cc(-c2ccc3c(c2)C(=O)CN=C3CN)cn1. The number of Topliss-reactive ketones (excluding diaryl/α,β-unsaturated/α-hetero) is 1. The summed E-state index contributed by atoms with van der Waals surface area (Å²) >= 11 is 0. The van der Waals surface area contributed by atoms with Crippen LogP contribution in [0.2, 0.25) is 0 Å². The van der Waals surface area contributed by atoms with Gasteiger partial charge in [0.1, 0.15) is 6.54 Å². The molecule has 96 valence electrons. The number of hydrogen-bond donors (Lipinski definition) is 1. The Morgan fingerprint density at radius 3 is 2.84 bits per heavy atom. The molecule has 0 fully saturated rings. The number of aryl methyl sites for hydroxylation is 1. The third-order valence-electron chi connectivity index (χ3n) is 3.28. The largest absolute Gasteiger partial charge is 0.325 e. The fourth-order valence-electron chi connectivity index (χ4n) is 2.29. The maximum atomic E-state index is 12.0. The van der Waals surface area contributed by atoms with Crippen molar-refractivity contribution in [1.82, 2.24) is 9.78 Å². The second kappa shape index (κ2) is 4.44. The van der Waals surface area contributed by atoms with Gasteiger partial charge in [-0.1, -0.05) is 12.1 Å². The van der Waals surface area contributed by atoms with Gasteiger partial charge in [-0.2, -0.15) is 5.10 Å². The Morgan fingerprint density at radius 2 is 2.16 bits per heavy atom. The summed E-state index contributed by atoms with van der Waals surface area (Å²) in [6.45, 7) is 0.544. The number of aromatic nitrogens is 2. The van der Waals surface area contributed by atoms with E-state index in [0.29, 0.717) is 12.1 Å². The topological polar surface area (TPSA) is 73.3 Å².